The smallest absolute Gasteiger partial charge is 0.286 e. The number of benzene rings is 3. The summed E-state index contributed by atoms with van der Waals surface area (Å²) in [5.74, 6) is 0.161. The van der Waals surface area contributed by atoms with Crippen molar-refractivity contribution in [1.29, 1.82) is 0 Å². The predicted molar refractivity (Wildman–Crippen MR) is 131 cm³/mol. The fraction of sp³-hybridized carbons (Fsp3) is 0.200. The van der Waals surface area contributed by atoms with E-state index in [0.717, 1.165) is 4.90 Å². The third-order valence-electron chi connectivity index (χ3n) is 5.31. The van der Waals surface area contributed by atoms with Crippen molar-refractivity contribution in [1.82, 2.24) is 0 Å². The van der Waals surface area contributed by atoms with Crippen molar-refractivity contribution in [3.8, 4) is 5.75 Å². The largest absolute Gasteiger partial charge is 1.00 e. The molecule has 2 amide bonds. The second kappa shape index (κ2) is 12.5. The van der Waals surface area contributed by atoms with Crippen molar-refractivity contribution < 1.29 is 42.2 Å². The Morgan fingerprint density at radius 2 is 1.77 bits per heavy atom. The van der Waals surface area contributed by atoms with Crippen LogP contribution in [0.3, 0.4) is 0 Å². The molecule has 3 aromatic rings. The minimum absolute atomic E-state index is 0. The fourth-order valence-corrected chi connectivity index (χ4v) is 4.00. The SMILES string of the molecule is C[NH+](CC(=O)N1c2ccc(Cl)cc2NC(=O)c2ccccc21)CC(O)COc1ccccc1.O.[Cl-]. The molecular formula is C25H27Cl2N3O5. The number of hydrogen-bond donors (Lipinski definition) is 3. The monoisotopic (exact) mass is 519 g/mol. The van der Waals surface area contributed by atoms with E-state index in [9.17, 15) is 14.7 Å². The zero-order chi connectivity index (χ0) is 23.4. The van der Waals surface area contributed by atoms with Gasteiger partial charge in [-0.05, 0) is 42.5 Å². The second-order valence-corrected chi connectivity index (χ2v) is 8.41. The van der Waals surface area contributed by atoms with Gasteiger partial charge < -0.3 is 37.9 Å². The van der Waals surface area contributed by atoms with Gasteiger partial charge in [0.15, 0.2) is 6.54 Å². The number of aliphatic hydroxyl groups excluding tert-OH is 1. The first-order valence-electron chi connectivity index (χ1n) is 10.6. The molecule has 3 aromatic carbocycles. The van der Waals surface area contributed by atoms with E-state index in [-0.39, 0.29) is 42.8 Å². The van der Waals surface area contributed by atoms with E-state index < -0.39 is 6.10 Å². The quantitative estimate of drug-likeness (QED) is 0.360. The Kier molecular flexibility index (Phi) is 10.1. The molecule has 1 aliphatic heterocycles. The maximum Gasteiger partial charge on any atom is 0.286 e. The number of fused-ring (bicyclic) bond motifs is 2. The summed E-state index contributed by atoms with van der Waals surface area (Å²) < 4.78 is 5.61. The Hall–Kier alpha value is -3.14. The molecule has 35 heavy (non-hydrogen) atoms. The van der Waals surface area contributed by atoms with Crippen molar-refractivity contribution in [2.75, 3.05) is 37.0 Å². The highest BCUT2D eigenvalue weighted by molar-refractivity contribution is 6.31. The molecule has 0 aromatic heterocycles. The maximum atomic E-state index is 13.5. The summed E-state index contributed by atoms with van der Waals surface area (Å²) in [6, 6.07) is 21.3. The van der Waals surface area contributed by atoms with Gasteiger partial charge in [0.05, 0.1) is 29.7 Å². The van der Waals surface area contributed by atoms with Crippen LogP contribution in [0.1, 0.15) is 10.4 Å². The Bertz CT molecular complexity index is 1160. The number of para-hydroxylation sites is 2. The highest BCUT2D eigenvalue weighted by Gasteiger charge is 2.31. The zero-order valence-corrected chi connectivity index (χ0v) is 20.5. The van der Waals surface area contributed by atoms with Gasteiger partial charge in [0.1, 0.15) is 25.0 Å². The number of likely N-dealkylation sites (N-methyl/N-ethyl adjacent to an activating group) is 1. The lowest BCUT2D eigenvalue weighted by atomic mass is 10.1. The van der Waals surface area contributed by atoms with E-state index in [4.69, 9.17) is 16.3 Å². The van der Waals surface area contributed by atoms with E-state index >= 15 is 0 Å². The van der Waals surface area contributed by atoms with E-state index in [1.54, 1.807) is 42.5 Å². The molecule has 0 saturated heterocycles. The molecule has 2 atom stereocenters. The number of halogens is 2. The molecule has 4 rings (SSSR count). The average Bonchev–Trinajstić information content (AvgIpc) is 2.92. The van der Waals surface area contributed by atoms with Crippen molar-refractivity contribution in [2.24, 2.45) is 0 Å². The van der Waals surface area contributed by atoms with Crippen LogP contribution < -0.4 is 32.3 Å². The summed E-state index contributed by atoms with van der Waals surface area (Å²) in [5, 5.41) is 13.7. The van der Waals surface area contributed by atoms with E-state index in [1.807, 2.05) is 37.4 Å². The molecule has 0 fully saturated rings. The van der Waals surface area contributed by atoms with Crippen LogP contribution in [-0.4, -0.2) is 55.2 Å². The molecule has 5 N–H and O–H groups in total. The van der Waals surface area contributed by atoms with Crippen LogP contribution in [0.2, 0.25) is 5.02 Å². The summed E-state index contributed by atoms with van der Waals surface area (Å²) in [7, 11) is 1.83. The molecule has 1 aliphatic rings. The number of quaternary nitrogens is 1. The summed E-state index contributed by atoms with van der Waals surface area (Å²) in [4.78, 5) is 28.6. The number of anilines is 3. The molecular weight excluding hydrogens is 493 g/mol. The number of carbonyl (C=O) groups excluding carboxylic acids is 2. The lowest BCUT2D eigenvalue weighted by molar-refractivity contribution is -0.874. The summed E-state index contributed by atoms with van der Waals surface area (Å²) in [6.07, 6.45) is -0.747. The molecule has 10 heteroatoms. The molecule has 0 spiro atoms. The lowest BCUT2D eigenvalue weighted by Gasteiger charge is -2.26. The number of nitrogens with zero attached hydrogens (tertiary/aromatic N) is 1. The van der Waals surface area contributed by atoms with Crippen LogP contribution in [0.4, 0.5) is 17.1 Å². The first-order valence-corrected chi connectivity index (χ1v) is 11.0. The molecule has 1 heterocycles. The Balaban J connectivity index is 0.00000216. The first-order chi connectivity index (χ1) is 15.9. The number of rotatable bonds is 7. The molecule has 186 valence electrons. The predicted octanol–water partition coefficient (Wildman–Crippen LogP) is -1.30. The number of aliphatic hydroxyl groups is 1. The standard InChI is InChI=1S/C25H24ClN3O4.ClH.H2O/c1-28(14-18(30)16-33-19-7-3-2-4-8-19)15-24(31)29-22-10-6-5-9-20(22)25(32)27-21-13-17(26)11-12-23(21)29;;/h2-13,18,30H,14-16H2,1H3,(H,27,32);1H;1H2. The van der Waals surface area contributed by atoms with Gasteiger partial charge in [-0.2, -0.15) is 0 Å². The molecule has 0 saturated carbocycles. The molecule has 2 unspecified atom stereocenters. The van der Waals surface area contributed by atoms with Crippen LogP contribution >= 0.6 is 11.6 Å². The summed E-state index contributed by atoms with van der Waals surface area (Å²) in [5.41, 5.74) is 1.91. The van der Waals surface area contributed by atoms with Crippen LogP contribution in [0.25, 0.3) is 0 Å². The van der Waals surface area contributed by atoms with Gasteiger partial charge in [-0.25, -0.2) is 0 Å². The minimum atomic E-state index is -0.747. The third-order valence-corrected chi connectivity index (χ3v) is 5.54. The van der Waals surface area contributed by atoms with E-state index in [2.05, 4.69) is 5.32 Å². The van der Waals surface area contributed by atoms with Crippen LogP contribution in [0.15, 0.2) is 72.8 Å². The second-order valence-electron chi connectivity index (χ2n) is 7.98. The molecule has 0 bridgehead atoms. The lowest BCUT2D eigenvalue weighted by Crippen LogP contribution is -3.11. The number of amides is 2. The zero-order valence-electron chi connectivity index (χ0n) is 19.0. The number of ether oxygens (including phenoxy) is 1. The van der Waals surface area contributed by atoms with Crippen molar-refractivity contribution in [3.63, 3.8) is 0 Å². The van der Waals surface area contributed by atoms with Gasteiger partial charge in [-0.3, -0.25) is 14.5 Å². The van der Waals surface area contributed by atoms with Crippen molar-refractivity contribution in [2.45, 2.75) is 6.10 Å². The highest BCUT2D eigenvalue weighted by atomic mass is 35.5. The molecule has 0 aliphatic carbocycles. The Labute approximate surface area is 214 Å². The normalized spacial score (nSPS) is 13.6. The highest BCUT2D eigenvalue weighted by Crippen LogP contribution is 2.39. The van der Waals surface area contributed by atoms with Crippen molar-refractivity contribution in [3.05, 3.63) is 83.4 Å². The van der Waals surface area contributed by atoms with Gasteiger partial charge in [0, 0.05) is 5.02 Å². The Morgan fingerprint density at radius 3 is 2.51 bits per heavy atom. The number of nitrogens with one attached hydrogen (secondary N) is 2. The third kappa shape index (κ3) is 6.72. The number of hydrogen-bond acceptors (Lipinski definition) is 4. The van der Waals surface area contributed by atoms with Crippen molar-refractivity contribution >= 4 is 40.5 Å². The fourth-order valence-electron chi connectivity index (χ4n) is 3.83. The first kappa shape index (κ1) is 28.1. The summed E-state index contributed by atoms with van der Waals surface area (Å²) >= 11 is 6.13. The number of carbonyl (C=O) groups is 2. The van der Waals surface area contributed by atoms with Gasteiger partial charge in [0.2, 0.25) is 0 Å². The van der Waals surface area contributed by atoms with Crippen LogP contribution in [0.5, 0.6) is 5.75 Å². The Morgan fingerprint density at radius 1 is 1.09 bits per heavy atom. The van der Waals surface area contributed by atoms with Crippen LogP contribution in [0, 0.1) is 0 Å². The van der Waals surface area contributed by atoms with E-state index in [0.29, 0.717) is 39.9 Å². The van der Waals surface area contributed by atoms with E-state index in [1.165, 1.54) is 4.90 Å². The minimum Gasteiger partial charge on any atom is -1.00 e. The van der Waals surface area contributed by atoms with Gasteiger partial charge in [-0.1, -0.05) is 41.9 Å². The van der Waals surface area contributed by atoms with Gasteiger partial charge >= 0.3 is 0 Å². The van der Waals surface area contributed by atoms with Gasteiger partial charge in [-0.15, -0.1) is 0 Å². The topological polar surface area (TPSA) is 115 Å². The summed E-state index contributed by atoms with van der Waals surface area (Å²) in [6.45, 7) is 0.549. The van der Waals surface area contributed by atoms with Crippen LogP contribution in [-0.2, 0) is 4.79 Å². The average molecular weight is 520 g/mol. The molecule has 8 nitrogen and oxygen atoms in total. The maximum absolute atomic E-state index is 13.5. The van der Waals surface area contributed by atoms with Gasteiger partial charge in [0.25, 0.3) is 11.8 Å². The molecule has 0 radical (unpaired) electrons.